The van der Waals surface area contributed by atoms with E-state index < -0.39 is 0 Å². The van der Waals surface area contributed by atoms with Gasteiger partial charge in [0.15, 0.2) is 0 Å². The number of amides is 2. The molecule has 24 heavy (non-hydrogen) atoms. The minimum atomic E-state index is -0.294. The fraction of sp³-hybridized carbons (Fsp3) is 0.556. The van der Waals surface area contributed by atoms with E-state index in [1.54, 1.807) is 4.90 Å². The Kier molecular flexibility index (Phi) is 5.04. The molecule has 130 valence electrons. The summed E-state index contributed by atoms with van der Waals surface area (Å²) in [4.78, 5) is 28.7. The molecule has 3 rings (SSSR count). The molecule has 1 aromatic carbocycles. The van der Waals surface area contributed by atoms with Crippen LogP contribution < -0.4 is 15.4 Å². The van der Waals surface area contributed by atoms with E-state index in [0.29, 0.717) is 25.4 Å². The molecular weight excluding hydrogens is 306 g/mol. The van der Waals surface area contributed by atoms with Crippen molar-refractivity contribution in [2.24, 2.45) is 11.7 Å². The maximum Gasteiger partial charge on any atom is 0.228 e. The number of piperidine rings is 1. The fourth-order valence-electron chi connectivity index (χ4n) is 3.53. The Hall–Kier alpha value is -2.08. The van der Waals surface area contributed by atoms with Crippen molar-refractivity contribution in [1.29, 1.82) is 0 Å². The highest BCUT2D eigenvalue weighted by Gasteiger charge is 2.38. The number of para-hydroxylation sites is 2. The minimum Gasteiger partial charge on any atom is -0.492 e. The Bertz CT molecular complexity index is 619. The van der Waals surface area contributed by atoms with Crippen LogP contribution in [-0.2, 0) is 9.59 Å². The van der Waals surface area contributed by atoms with Gasteiger partial charge in [0.1, 0.15) is 5.75 Å². The van der Waals surface area contributed by atoms with Crippen LogP contribution >= 0.6 is 0 Å². The molecule has 0 aromatic heterocycles. The van der Waals surface area contributed by atoms with Gasteiger partial charge in [-0.3, -0.25) is 9.59 Å². The normalized spacial score (nSPS) is 24.3. The van der Waals surface area contributed by atoms with Crippen LogP contribution in [-0.4, -0.2) is 49.0 Å². The Balaban J connectivity index is 1.73. The second kappa shape index (κ2) is 7.21. The van der Waals surface area contributed by atoms with E-state index in [1.165, 1.54) is 0 Å². The lowest BCUT2D eigenvalue weighted by atomic mass is 10.0. The summed E-state index contributed by atoms with van der Waals surface area (Å²) in [5.41, 5.74) is 6.72. The van der Waals surface area contributed by atoms with E-state index in [-0.39, 0.29) is 30.2 Å². The number of hydrogen-bond donors (Lipinski definition) is 1. The molecule has 2 aliphatic rings. The Labute approximate surface area is 142 Å². The molecule has 0 radical (unpaired) electrons. The summed E-state index contributed by atoms with van der Waals surface area (Å²) in [6.45, 7) is 4.20. The van der Waals surface area contributed by atoms with Crippen LogP contribution in [0, 0.1) is 5.92 Å². The highest BCUT2D eigenvalue weighted by atomic mass is 16.5. The number of rotatable bonds is 4. The largest absolute Gasteiger partial charge is 0.492 e. The fourth-order valence-corrected chi connectivity index (χ4v) is 3.53. The van der Waals surface area contributed by atoms with Gasteiger partial charge in [-0.2, -0.15) is 0 Å². The van der Waals surface area contributed by atoms with E-state index in [4.69, 9.17) is 10.5 Å². The van der Waals surface area contributed by atoms with Crippen molar-refractivity contribution in [2.75, 3.05) is 31.1 Å². The van der Waals surface area contributed by atoms with Crippen molar-refractivity contribution >= 4 is 17.5 Å². The molecule has 2 N–H and O–H groups in total. The summed E-state index contributed by atoms with van der Waals surface area (Å²) in [6.07, 6.45) is 2.15. The van der Waals surface area contributed by atoms with E-state index in [1.807, 2.05) is 36.1 Å². The number of anilines is 1. The zero-order chi connectivity index (χ0) is 17.1. The zero-order valence-electron chi connectivity index (χ0n) is 14.1. The number of ether oxygens (including phenoxy) is 1. The summed E-state index contributed by atoms with van der Waals surface area (Å²) < 4.78 is 5.62. The maximum atomic E-state index is 12.7. The topological polar surface area (TPSA) is 75.9 Å². The molecule has 2 heterocycles. The predicted molar refractivity (Wildman–Crippen MR) is 91.9 cm³/mol. The van der Waals surface area contributed by atoms with Gasteiger partial charge < -0.3 is 20.3 Å². The smallest absolute Gasteiger partial charge is 0.228 e. The standard InChI is InChI=1S/C18H25N3O3/c1-2-24-16-8-4-3-7-15(16)21-11-13(10-17(21)22)18(23)20-9-5-6-14(19)12-20/h3-4,7-8,13-14H,2,5-6,9-12,19H2,1H3. The molecule has 2 fully saturated rings. The quantitative estimate of drug-likeness (QED) is 0.904. The molecule has 6 heteroatoms. The SMILES string of the molecule is CCOc1ccccc1N1CC(C(=O)N2CCCC(N)C2)CC1=O. The average molecular weight is 331 g/mol. The number of carbonyl (C=O) groups excluding carboxylic acids is 2. The van der Waals surface area contributed by atoms with Crippen molar-refractivity contribution < 1.29 is 14.3 Å². The average Bonchev–Trinajstić information content (AvgIpc) is 2.97. The zero-order valence-corrected chi connectivity index (χ0v) is 14.1. The van der Waals surface area contributed by atoms with E-state index >= 15 is 0 Å². The molecule has 0 spiro atoms. The van der Waals surface area contributed by atoms with Gasteiger partial charge in [-0.15, -0.1) is 0 Å². The first-order chi connectivity index (χ1) is 11.6. The lowest BCUT2D eigenvalue weighted by Crippen LogP contribution is -2.48. The van der Waals surface area contributed by atoms with Gasteiger partial charge in [-0.05, 0) is 31.9 Å². The van der Waals surface area contributed by atoms with Gasteiger partial charge in [-0.1, -0.05) is 12.1 Å². The van der Waals surface area contributed by atoms with Crippen LogP contribution in [0.1, 0.15) is 26.2 Å². The van der Waals surface area contributed by atoms with Crippen LogP contribution in [0.4, 0.5) is 5.69 Å². The number of carbonyl (C=O) groups is 2. The molecule has 1 aromatic rings. The Morgan fingerprint density at radius 3 is 2.88 bits per heavy atom. The van der Waals surface area contributed by atoms with Gasteiger partial charge in [0.05, 0.1) is 18.2 Å². The Morgan fingerprint density at radius 1 is 1.33 bits per heavy atom. The second-order valence-corrected chi connectivity index (χ2v) is 6.49. The van der Waals surface area contributed by atoms with E-state index in [9.17, 15) is 9.59 Å². The predicted octanol–water partition coefficient (Wildman–Crippen LogP) is 1.39. The molecule has 2 atom stereocenters. The Morgan fingerprint density at radius 2 is 2.12 bits per heavy atom. The van der Waals surface area contributed by atoms with Gasteiger partial charge in [0.2, 0.25) is 11.8 Å². The van der Waals surface area contributed by atoms with Crippen molar-refractivity contribution in [1.82, 2.24) is 4.90 Å². The van der Waals surface area contributed by atoms with E-state index in [0.717, 1.165) is 25.1 Å². The summed E-state index contributed by atoms with van der Waals surface area (Å²) in [6, 6.07) is 7.53. The van der Waals surface area contributed by atoms with Gasteiger partial charge in [0, 0.05) is 32.1 Å². The van der Waals surface area contributed by atoms with Crippen LogP contribution in [0.15, 0.2) is 24.3 Å². The second-order valence-electron chi connectivity index (χ2n) is 6.49. The number of nitrogens with zero attached hydrogens (tertiary/aromatic N) is 2. The van der Waals surface area contributed by atoms with Crippen molar-refractivity contribution in [3.63, 3.8) is 0 Å². The molecule has 0 saturated carbocycles. The third kappa shape index (κ3) is 3.38. The summed E-state index contributed by atoms with van der Waals surface area (Å²) >= 11 is 0. The molecule has 0 bridgehead atoms. The minimum absolute atomic E-state index is 0.0261. The number of likely N-dealkylation sites (tertiary alicyclic amines) is 1. The van der Waals surface area contributed by atoms with Gasteiger partial charge in [0.25, 0.3) is 0 Å². The lowest BCUT2D eigenvalue weighted by molar-refractivity contribution is -0.136. The first kappa shape index (κ1) is 16.8. The molecule has 6 nitrogen and oxygen atoms in total. The van der Waals surface area contributed by atoms with E-state index in [2.05, 4.69) is 0 Å². The number of hydrogen-bond acceptors (Lipinski definition) is 4. The van der Waals surface area contributed by atoms with Crippen LogP contribution in [0.25, 0.3) is 0 Å². The third-order valence-corrected chi connectivity index (χ3v) is 4.70. The van der Waals surface area contributed by atoms with Crippen LogP contribution in [0.5, 0.6) is 5.75 Å². The molecule has 2 aliphatic heterocycles. The van der Waals surface area contributed by atoms with Gasteiger partial charge in [-0.25, -0.2) is 0 Å². The summed E-state index contributed by atoms with van der Waals surface area (Å²) in [5.74, 6) is 0.413. The number of nitrogens with two attached hydrogens (primary N) is 1. The highest BCUT2D eigenvalue weighted by molar-refractivity contribution is 6.01. The first-order valence-electron chi connectivity index (χ1n) is 8.66. The monoisotopic (exact) mass is 331 g/mol. The summed E-state index contributed by atoms with van der Waals surface area (Å²) in [5, 5.41) is 0. The van der Waals surface area contributed by atoms with Crippen molar-refractivity contribution in [2.45, 2.75) is 32.2 Å². The molecule has 2 saturated heterocycles. The van der Waals surface area contributed by atoms with Crippen LogP contribution in [0.3, 0.4) is 0 Å². The van der Waals surface area contributed by atoms with Crippen molar-refractivity contribution in [3.8, 4) is 5.75 Å². The van der Waals surface area contributed by atoms with Crippen LogP contribution in [0.2, 0.25) is 0 Å². The first-order valence-corrected chi connectivity index (χ1v) is 8.66. The third-order valence-electron chi connectivity index (χ3n) is 4.70. The number of benzene rings is 1. The van der Waals surface area contributed by atoms with Gasteiger partial charge >= 0.3 is 0 Å². The molecular formula is C18H25N3O3. The van der Waals surface area contributed by atoms with Crippen molar-refractivity contribution in [3.05, 3.63) is 24.3 Å². The molecule has 2 amide bonds. The maximum absolute atomic E-state index is 12.7. The highest BCUT2D eigenvalue weighted by Crippen LogP contribution is 2.33. The molecule has 0 aliphatic carbocycles. The summed E-state index contributed by atoms with van der Waals surface area (Å²) in [7, 11) is 0. The lowest BCUT2D eigenvalue weighted by Gasteiger charge is -2.32. The molecule has 2 unspecified atom stereocenters.